The van der Waals surface area contributed by atoms with Crippen LogP contribution in [0.2, 0.25) is 0 Å². The highest BCUT2D eigenvalue weighted by molar-refractivity contribution is 8.00. The Morgan fingerprint density at radius 3 is 2.44 bits per heavy atom. The lowest BCUT2D eigenvalue weighted by Crippen LogP contribution is -2.24. The third-order valence-electron chi connectivity index (χ3n) is 3.91. The fourth-order valence-electron chi connectivity index (χ4n) is 2.67. The Hall–Kier alpha value is -2.61. The van der Waals surface area contributed by atoms with Gasteiger partial charge in [0.1, 0.15) is 0 Å². The Kier molecular flexibility index (Phi) is 6.79. The summed E-state index contributed by atoms with van der Waals surface area (Å²) in [6.45, 7) is 7.63. The van der Waals surface area contributed by atoms with Crippen LogP contribution in [0.1, 0.15) is 29.3 Å². The quantitative estimate of drug-likeness (QED) is 0.447. The average molecular weight is 389 g/mol. The molecule has 0 unspecified atom stereocenters. The zero-order valence-electron chi connectivity index (χ0n) is 16.0. The van der Waals surface area contributed by atoms with Crippen molar-refractivity contribution in [2.45, 2.75) is 44.5 Å². The standard InChI is InChI=1S/C19H23N3O4S/c1-10-6-11(2)17(12(3)7-10)22-18(25)13(4)27-19-20-14(8-15(23)21-19)9-16(24)26-5/h6-8,13H,9H2,1-5H3,(H,22,25)(H,20,21,23)/t13-/m1/s1. The number of amides is 1. The second-order valence-corrected chi connectivity index (χ2v) is 7.65. The van der Waals surface area contributed by atoms with Crippen LogP contribution in [0, 0.1) is 20.8 Å². The van der Waals surface area contributed by atoms with Crippen molar-refractivity contribution in [1.29, 1.82) is 0 Å². The molecular formula is C19H23N3O4S. The van der Waals surface area contributed by atoms with Crippen molar-refractivity contribution in [3.63, 3.8) is 0 Å². The molecule has 2 rings (SSSR count). The minimum Gasteiger partial charge on any atom is -0.469 e. The van der Waals surface area contributed by atoms with E-state index < -0.39 is 11.2 Å². The number of H-pyrrole nitrogens is 1. The first kappa shape index (κ1) is 20.7. The maximum atomic E-state index is 12.6. The minimum atomic E-state index is -0.498. The maximum Gasteiger partial charge on any atom is 0.311 e. The number of anilines is 1. The molecule has 0 bridgehead atoms. The van der Waals surface area contributed by atoms with Gasteiger partial charge in [-0.25, -0.2) is 4.98 Å². The lowest BCUT2D eigenvalue weighted by molar-refractivity contribution is -0.139. The third kappa shape index (κ3) is 5.68. The molecule has 0 aliphatic heterocycles. The van der Waals surface area contributed by atoms with E-state index in [2.05, 4.69) is 20.0 Å². The predicted octanol–water partition coefficient (Wildman–Crippen LogP) is 2.53. The second kappa shape index (κ2) is 8.85. The number of carbonyl (C=O) groups excluding carboxylic acids is 2. The van der Waals surface area contributed by atoms with E-state index >= 15 is 0 Å². The number of aromatic amines is 1. The van der Waals surface area contributed by atoms with Gasteiger partial charge in [-0.1, -0.05) is 29.5 Å². The number of thioether (sulfide) groups is 1. The van der Waals surface area contributed by atoms with E-state index in [9.17, 15) is 14.4 Å². The lowest BCUT2D eigenvalue weighted by Gasteiger charge is -2.16. The number of rotatable bonds is 6. The first-order chi connectivity index (χ1) is 12.7. The van der Waals surface area contributed by atoms with Crippen molar-refractivity contribution in [2.24, 2.45) is 0 Å². The molecule has 1 atom stereocenters. The van der Waals surface area contributed by atoms with Gasteiger partial charge in [-0.3, -0.25) is 14.4 Å². The molecular weight excluding hydrogens is 366 g/mol. The molecule has 0 fully saturated rings. The van der Waals surface area contributed by atoms with Crippen molar-refractivity contribution in [3.05, 3.63) is 50.9 Å². The summed E-state index contributed by atoms with van der Waals surface area (Å²) < 4.78 is 4.59. The molecule has 0 saturated heterocycles. The Labute approximate surface area is 161 Å². The Morgan fingerprint density at radius 1 is 1.22 bits per heavy atom. The van der Waals surface area contributed by atoms with E-state index in [1.54, 1.807) is 6.92 Å². The summed E-state index contributed by atoms with van der Waals surface area (Å²) in [6, 6.07) is 5.26. The van der Waals surface area contributed by atoms with Gasteiger partial charge in [0.25, 0.3) is 5.56 Å². The monoisotopic (exact) mass is 389 g/mol. The number of aryl methyl sites for hydroxylation is 3. The van der Waals surface area contributed by atoms with Crippen LogP contribution in [0.5, 0.6) is 0 Å². The molecule has 1 amide bonds. The van der Waals surface area contributed by atoms with Crippen molar-refractivity contribution in [3.8, 4) is 0 Å². The molecule has 2 N–H and O–H groups in total. The van der Waals surface area contributed by atoms with Crippen molar-refractivity contribution in [2.75, 3.05) is 12.4 Å². The predicted molar refractivity (Wildman–Crippen MR) is 105 cm³/mol. The van der Waals surface area contributed by atoms with E-state index in [1.165, 1.54) is 13.2 Å². The highest BCUT2D eigenvalue weighted by atomic mass is 32.2. The topological polar surface area (TPSA) is 101 Å². The van der Waals surface area contributed by atoms with Crippen molar-refractivity contribution < 1.29 is 14.3 Å². The molecule has 27 heavy (non-hydrogen) atoms. The molecule has 0 aliphatic rings. The maximum absolute atomic E-state index is 12.6. The minimum absolute atomic E-state index is 0.101. The van der Waals surface area contributed by atoms with Crippen LogP contribution in [-0.4, -0.2) is 34.2 Å². The zero-order chi connectivity index (χ0) is 20.1. The first-order valence-corrected chi connectivity index (χ1v) is 9.30. The van der Waals surface area contributed by atoms with E-state index in [4.69, 9.17) is 0 Å². The van der Waals surface area contributed by atoms with Crippen LogP contribution in [-0.2, 0) is 20.7 Å². The molecule has 0 spiro atoms. The molecule has 0 radical (unpaired) electrons. The summed E-state index contributed by atoms with van der Waals surface area (Å²) >= 11 is 1.12. The SMILES string of the molecule is COC(=O)Cc1cc(=O)[nH]c(S[C@H](C)C(=O)Nc2c(C)cc(C)cc2C)n1. The zero-order valence-corrected chi connectivity index (χ0v) is 16.8. The van der Waals surface area contributed by atoms with Crippen LogP contribution in [0.4, 0.5) is 5.69 Å². The van der Waals surface area contributed by atoms with E-state index in [0.717, 1.165) is 34.1 Å². The summed E-state index contributed by atoms with van der Waals surface area (Å²) in [7, 11) is 1.27. The molecule has 1 heterocycles. The molecule has 8 heteroatoms. The number of nitrogens with zero attached hydrogens (tertiary/aromatic N) is 1. The fourth-order valence-corrected chi connectivity index (χ4v) is 3.50. The number of esters is 1. The highest BCUT2D eigenvalue weighted by Gasteiger charge is 2.18. The summed E-state index contributed by atoms with van der Waals surface area (Å²) in [6.07, 6.45) is -0.101. The largest absolute Gasteiger partial charge is 0.469 e. The number of aromatic nitrogens is 2. The number of methoxy groups -OCH3 is 1. The number of nitrogens with one attached hydrogen (secondary N) is 2. The second-order valence-electron chi connectivity index (χ2n) is 6.32. The van der Waals surface area contributed by atoms with Crippen LogP contribution in [0.3, 0.4) is 0 Å². The van der Waals surface area contributed by atoms with Gasteiger partial charge in [0, 0.05) is 11.8 Å². The Bertz CT molecular complexity index is 900. The van der Waals surface area contributed by atoms with Gasteiger partial charge in [-0.2, -0.15) is 0 Å². The number of hydrogen-bond donors (Lipinski definition) is 2. The first-order valence-electron chi connectivity index (χ1n) is 8.42. The van der Waals surface area contributed by atoms with Gasteiger partial charge in [0.15, 0.2) is 5.16 Å². The smallest absolute Gasteiger partial charge is 0.311 e. The molecule has 2 aromatic rings. The Morgan fingerprint density at radius 2 is 1.85 bits per heavy atom. The van der Waals surface area contributed by atoms with Crippen LogP contribution >= 0.6 is 11.8 Å². The summed E-state index contributed by atoms with van der Waals surface area (Å²) in [5.41, 5.74) is 3.82. The normalized spacial score (nSPS) is 11.7. The van der Waals surface area contributed by atoms with E-state index in [0.29, 0.717) is 5.69 Å². The van der Waals surface area contributed by atoms with Crippen LogP contribution in [0.25, 0.3) is 0 Å². The van der Waals surface area contributed by atoms with Crippen LogP contribution < -0.4 is 10.9 Å². The van der Waals surface area contributed by atoms with Crippen LogP contribution in [0.15, 0.2) is 28.2 Å². The fraction of sp³-hybridized carbons (Fsp3) is 0.368. The summed E-state index contributed by atoms with van der Waals surface area (Å²) in [4.78, 5) is 42.5. The summed E-state index contributed by atoms with van der Waals surface area (Å²) in [5, 5.41) is 2.72. The number of ether oxygens (including phenoxy) is 1. The van der Waals surface area contributed by atoms with Gasteiger partial charge in [-0.05, 0) is 38.8 Å². The molecule has 144 valence electrons. The van der Waals surface area contributed by atoms with E-state index in [-0.39, 0.29) is 23.0 Å². The van der Waals surface area contributed by atoms with Crippen molar-refractivity contribution in [1.82, 2.24) is 9.97 Å². The van der Waals surface area contributed by atoms with Gasteiger partial charge >= 0.3 is 5.97 Å². The highest BCUT2D eigenvalue weighted by Crippen LogP contribution is 2.25. The van der Waals surface area contributed by atoms with Gasteiger partial charge in [0.2, 0.25) is 5.91 Å². The van der Waals surface area contributed by atoms with Gasteiger partial charge in [-0.15, -0.1) is 0 Å². The molecule has 1 aromatic heterocycles. The number of benzene rings is 1. The third-order valence-corrected chi connectivity index (χ3v) is 4.89. The van der Waals surface area contributed by atoms with Gasteiger partial charge < -0.3 is 15.0 Å². The Balaban J connectivity index is 2.13. The van der Waals surface area contributed by atoms with E-state index in [1.807, 2.05) is 32.9 Å². The molecule has 0 saturated carbocycles. The number of hydrogen-bond acceptors (Lipinski definition) is 6. The van der Waals surface area contributed by atoms with Crippen molar-refractivity contribution >= 4 is 29.3 Å². The molecule has 1 aromatic carbocycles. The average Bonchev–Trinajstić information content (AvgIpc) is 2.57. The molecule has 7 nitrogen and oxygen atoms in total. The lowest BCUT2D eigenvalue weighted by atomic mass is 10.1. The number of carbonyl (C=O) groups is 2. The molecule has 0 aliphatic carbocycles. The van der Waals surface area contributed by atoms with Gasteiger partial charge in [0.05, 0.1) is 24.5 Å². The summed E-state index contributed by atoms with van der Waals surface area (Å²) in [5.74, 6) is -0.684.